The maximum Gasteiger partial charge on any atom is 0.322 e. The summed E-state index contributed by atoms with van der Waals surface area (Å²) in [6.45, 7) is 8.40. The molecule has 1 unspecified atom stereocenters. The molecule has 4 rings (SSSR count). The van der Waals surface area contributed by atoms with Crippen LogP contribution in [0.2, 0.25) is 0 Å². The van der Waals surface area contributed by atoms with E-state index in [4.69, 9.17) is 19.4 Å². The van der Waals surface area contributed by atoms with E-state index < -0.39 is 0 Å². The molecule has 1 saturated heterocycles. The fourth-order valence-electron chi connectivity index (χ4n) is 3.98. The van der Waals surface area contributed by atoms with Crippen LogP contribution in [0.15, 0.2) is 30.5 Å². The number of nitrogens with zero attached hydrogens (tertiary/aromatic N) is 5. The smallest absolute Gasteiger partial charge is 0.322 e. The summed E-state index contributed by atoms with van der Waals surface area (Å²) in [5.74, 6) is 1.74. The van der Waals surface area contributed by atoms with Crippen molar-refractivity contribution in [1.82, 2.24) is 24.5 Å². The van der Waals surface area contributed by atoms with Gasteiger partial charge in [0.15, 0.2) is 5.65 Å². The molecule has 1 aliphatic rings. The third kappa shape index (κ3) is 4.58. The van der Waals surface area contributed by atoms with E-state index >= 15 is 0 Å². The van der Waals surface area contributed by atoms with Crippen LogP contribution in [0, 0.1) is 0 Å². The van der Waals surface area contributed by atoms with E-state index in [-0.39, 0.29) is 12.1 Å². The first kappa shape index (κ1) is 21.4. The van der Waals surface area contributed by atoms with E-state index in [2.05, 4.69) is 43.1 Å². The molecule has 1 fully saturated rings. The maximum atomic E-state index is 6.23. The molecular formula is C23H32N6O2. The largest absolute Gasteiger partial charge is 0.496 e. The van der Waals surface area contributed by atoms with Gasteiger partial charge >= 0.3 is 6.01 Å². The van der Waals surface area contributed by atoms with Crippen molar-refractivity contribution in [2.75, 3.05) is 32.6 Å². The van der Waals surface area contributed by atoms with E-state index in [1.165, 1.54) is 0 Å². The number of methoxy groups -OCH3 is 1. The van der Waals surface area contributed by atoms with Crippen LogP contribution in [-0.2, 0) is 0 Å². The average molecular weight is 425 g/mol. The van der Waals surface area contributed by atoms with Gasteiger partial charge in [0.2, 0.25) is 5.95 Å². The van der Waals surface area contributed by atoms with Gasteiger partial charge in [-0.05, 0) is 38.8 Å². The van der Waals surface area contributed by atoms with Crippen molar-refractivity contribution in [3.63, 3.8) is 0 Å². The molecule has 0 spiro atoms. The summed E-state index contributed by atoms with van der Waals surface area (Å²) >= 11 is 0. The van der Waals surface area contributed by atoms with Gasteiger partial charge < -0.3 is 19.7 Å². The zero-order chi connectivity index (χ0) is 22.0. The van der Waals surface area contributed by atoms with Gasteiger partial charge in [-0.1, -0.05) is 32.0 Å². The monoisotopic (exact) mass is 424 g/mol. The van der Waals surface area contributed by atoms with Crippen LogP contribution in [0.25, 0.3) is 5.65 Å². The molecule has 1 aliphatic heterocycles. The Bertz CT molecular complexity index is 1030. The SMILES string of the molecule is COc1ccccc1C(C)Nc1nc(OC2CCN(C)CC2)nc2c(C(C)C)cnn12. The predicted octanol–water partition coefficient (Wildman–Crippen LogP) is 3.90. The Balaban J connectivity index is 1.67. The molecule has 0 amide bonds. The van der Waals surface area contributed by atoms with Gasteiger partial charge in [-0.3, -0.25) is 0 Å². The van der Waals surface area contributed by atoms with Crippen molar-refractivity contribution >= 4 is 11.6 Å². The Morgan fingerprint density at radius 1 is 1.06 bits per heavy atom. The van der Waals surface area contributed by atoms with Crippen LogP contribution in [0.1, 0.15) is 56.7 Å². The lowest BCUT2D eigenvalue weighted by Gasteiger charge is -2.28. The quantitative estimate of drug-likeness (QED) is 0.616. The first-order valence-electron chi connectivity index (χ1n) is 11.0. The Morgan fingerprint density at radius 3 is 2.52 bits per heavy atom. The van der Waals surface area contributed by atoms with Crippen LogP contribution in [0.4, 0.5) is 5.95 Å². The molecule has 0 saturated carbocycles. The summed E-state index contributed by atoms with van der Waals surface area (Å²) in [6, 6.07) is 8.34. The summed E-state index contributed by atoms with van der Waals surface area (Å²) in [4.78, 5) is 11.8. The number of nitrogens with one attached hydrogen (secondary N) is 1. The number of aromatic nitrogens is 4. The molecule has 3 heterocycles. The third-order valence-electron chi connectivity index (χ3n) is 5.89. The number of hydrogen-bond donors (Lipinski definition) is 1. The maximum absolute atomic E-state index is 6.23. The van der Waals surface area contributed by atoms with Crippen LogP contribution in [0.5, 0.6) is 11.8 Å². The average Bonchev–Trinajstić information content (AvgIpc) is 3.20. The second-order valence-electron chi connectivity index (χ2n) is 8.55. The van der Waals surface area contributed by atoms with Gasteiger partial charge in [0.05, 0.1) is 19.3 Å². The van der Waals surface area contributed by atoms with Crippen molar-refractivity contribution < 1.29 is 9.47 Å². The Hall–Kier alpha value is -2.87. The lowest BCUT2D eigenvalue weighted by atomic mass is 10.1. The summed E-state index contributed by atoms with van der Waals surface area (Å²) in [5.41, 5.74) is 2.90. The fourth-order valence-corrected chi connectivity index (χ4v) is 3.98. The second kappa shape index (κ2) is 9.09. The molecule has 0 aliphatic carbocycles. The summed E-state index contributed by atoms with van der Waals surface area (Å²) < 4.78 is 13.5. The number of anilines is 1. The second-order valence-corrected chi connectivity index (χ2v) is 8.55. The van der Waals surface area contributed by atoms with Gasteiger partial charge in [0.1, 0.15) is 11.9 Å². The Morgan fingerprint density at radius 2 is 1.81 bits per heavy atom. The minimum Gasteiger partial charge on any atom is -0.496 e. The van der Waals surface area contributed by atoms with Gasteiger partial charge in [-0.15, -0.1) is 0 Å². The first-order valence-corrected chi connectivity index (χ1v) is 11.0. The van der Waals surface area contributed by atoms with Crippen molar-refractivity contribution in [1.29, 1.82) is 0 Å². The molecule has 0 bridgehead atoms. The van der Waals surface area contributed by atoms with E-state index in [1.807, 2.05) is 30.5 Å². The van der Waals surface area contributed by atoms with Crippen molar-refractivity contribution in [3.8, 4) is 11.8 Å². The number of piperidine rings is 1. The van der Waals surface area contributed by atoms with Crippen molar-refractivity contribution in [2.24, 2.45) is 0 Å². The highest BCUT2D eigenvalue weighted by molar-refractivity contribution is 5.53. The summed E-state index contributed by atoms with van der Waals surface area (Å²) in [7, 11) is 3.83. The number of likely N-dealkylation sites (tertiary alicyclic amines) is 1. The summed E-state index contributed by atoms with van der Waals surface area (Å²) in [6.07, 6.45) is 3.94. The highest BCUT2D eigenvalue weighted by atomic mass is 16.5. The van der Waals surface area contributed by atoms with E-state index in [9.17, 15) is 0 Å². The number of fused-ring (bicyclic) bond motifs is 1. The number of hydrogen-bond acceptors (Lipinski definition) is 7. The highest BCUT2D eigenvalue weighted by Crippen LogP contribution is 2.29. The zero-order valence-electron chi connectivity index (χ0n) is 19.0. The van der Waals surface area contributed by atoms with Gasteiger partial charge in [0, 0.05) is 24.2 Å². The molecule has 8 heteroatoms. The standard InChI is InChI=1S/C23H32N6O2/c1-15(2)19-14-24-29-21(19)26-23(31-17-10-12-28(4)13-11-17)27-22(29)25-16(3)18-8-6-7-9-20(18)30-5/h6-9,14-17H,10-13H2,1-5H3,(H,25,26,27). The van der Waals surface area contributed by atoms with Crippen molar-refractivity contribution in [2.45, 2.75) is 51.7 Å². The molecule has 0 radical (unpaired) electrons. The minimum absolute atomic E-state index is 0.0443. The topological polar surface area (TPSA) is 76.8 Å². The third-order valence-corrected chi connectivity index (χ3v) is 5.89. The van der Waals surface area contributed by atoms with Crippen LogP contribution in [0.3, 0.4) is 0 Å². The Kier molecular flexibility index (Phi) is 6.27. The molecule has 166 valence electrons. The highest BCUT2D eigenvalue weighted by Gasteiger charge is 2.22. The molecule has 31 heavy (non-hydrogen) atoms. The molecular weight excluding hydrogens is 392 g/mol. The number of para-hydroxylation sites is 1. The van der Waals surface area contributed by atoms with Crippen LogP contribution in [-0.4, -0.2) is 57.8 Å². The molecule has 8 nitrogen and oxygen atoms in total. The minimum atomic E-state index is -0.0443. The van der Waals surface area contributed by atoms with E-state index in [1.54, 1.807) is 11.6 Å². The van der Waals surface area contributed by atoms with Gasteiger partial charge in [-0.2, -0.15) is 19.6 Å². The Labute approximate surface area is 183 Å². The van der Waals surface area contributed by atoms with E-state index in [0.29, 0.717) is 17.9 Å². The number of ether oxygens (including phenoxy) is 2. The number of benzene rings is 1. The first-order chi connectivity index (χ1) is 15.0. The predicted molar refractivity (Wildman–Crippen MR) is 121 cm³/mol. The normalized spacial score (nSPS) is 16.6. The van der Waals surface area contributed by atoms with Gasteiger partial charge in [0.25, 0.3) is 0 Å². The molecule has 3 aromatic rings. The van der Waals surface area contributed by atoms with Crippen LogP contribution >= 0.6 is 0 Å². The lowest BCUT2D eigenvalue weighted by Crippen LogP contribution is -2.36. The number of rotatable bonds is 7. The van der Waals surface area contributed by atoms with Crippen LogP contribution < -0.4 is 14.8 Å². The molecule has 2 aromatic heterocycles. The fraction of sp³-hybridized carbons (Fsp3) is 0.522. The molecule has 1 atom stereocenters. The molecule has 1 aromatic carbocycles. The molecule has 1 N–H and O–H groups in total. The van der Waals surface area contributed by atoms with Crippen molar-refractivity contribution in [3.05, 3.63) is 41.6 Å². The van der Waals surface area contributed by atoms with E-state index in [0.717, 1.165) is 48.5 Å². The lowest BCUT2D eigenvalue weighted by molar-refractivity contribution is 0.105. The van der Waals surface area contributed by atoms with Gasteiger partial charge in [-0.25, -0.2) is 0 Å². The zero-order valence-corrected chi connectivity index (χ0v) is 19.0. The summed E-state index contributed by atoms with van der Waals surface area (Å²) in [5, 5.41) is 8.06.